The quantitative estimate of drug-likeness (QED) is 0.612. The molecule has 2 aromatic carbocycles. The van der Waals surface area contributed by atoms with E-state index in [9.17, 15) is 23.1 Å². The number of benzene rings is 2. The van der Waals surface area contributed by atoms with E-state index in [0.29, 0.717) is 21.9 Å². The van der Waals surface area contributed by atoms with Gasteiger partial charge in [0, 0.05) is 23.2 Å². The summed E-state index contributed by atoms with van der Waals surface area (Å²) < 4.78 is 45.4. The molecule has 2 N–H and O–H groups in total. The first-order valence-corrected chi connectivity index (χ1v) is 8.64. The fourth-order valence-corrected chi connectivity index (χ4v) is 2.64. The zero-order valence-electron chi connectivity index (χ0n) is 14.6. The van der Waals surface area contributed by atoms with Crippen LogP contribution in [0.4, 0.5) is 13.2 Å². The Morgan fingerprint density at radius 2 is 1.93 bits per heavy atom. The van der Waals surface area contributed by atoms with E-state index in [2.05, 4.69) is 15.2 Å². The van der Waals surface area contributed by atoms with E-state index in [1.165, 1.54) is 18.2 Å². The van der Waals surface area contributed by atoms with E-state index < -0.39 is 24.1 Å². The van der Waals surface area contributed by atoms with Crippen molar-refractivity contribution in [3.8, 4) is 17.1 Å². The smallest absolute Gasteiger partial charge is 0.406 e. The number of aliphatic hydroxyl groups is 1. The lowest BCUT2D eigenvalue weighted by Crippen LogP contribution is -2.28. The number of carbonyl (C=O) groups excluding carboxylic acids is 1. The predicted octanol–water partition coefficient (Wildman–Crippen LogP) is 4.36. The van der Waals surface area contributed by atoms with Gasteiger partial charge in [0.15, 0.2) is 11.5 Å². The lowest BCUT2D eigenvalue weighted by atomic mass is 10.1. The molecule has 6 nitrogen and oxygen atoms in total. The van der Waals surface area contributed by atoms with Crippen molar-refractivity contribution in [1.82, 2.24) is 10.5 Å². The summed E-state index contributed by atoms with van der Waals surface area (Å²) in [5.41, 5.74) is 0.950. The van der Waals surface area contributed by atoms with Gasteiger partial charge in [-0.05, 0) is 29.8 Å². The Morgan fingerprint density at radius 1 is 1.21 bits per heavy atom. The second kappa shape index (κ2) is 8.54. The van der Waals surface area contributed by atoms with Gasteiger partial charge in [-0.15, -0.1) is 13.2 Å². The zero-order valence-corrected chi connectivity index (χ0v) is 15.4. The highest BCUT2D eigenvalue weighted by molar-refractivity contribution is 6.30. The third-order valence-corrected chi connectivity index (χ3v) is 4.04. The summed E-state index contributed by atoms with van der Waals surface area (Å²) in [5, 5.41) is 16.8. The number of nitrogens with zero attached hydrogens (tertiary/aromatic N) is 1. The highest BCUT2D eigenvalue weighted by atomic mass is 35.5. The average molecular weight is 427 g/mol. The molecule has 0 spiro atoms. The van der Waals surface area contributed by atoms with Crippen molar-refractivity contribution in [1.29, 1.82) is 0 Å². The lowest BCUT2D eigenvalue weighted by Gasteiger charge is -2.13. The fraction of sp³-hybridized carbons (Fsp3) is 0.158. The number of aliphatic hydroxyl groups excluding tert-OH is 1. The second-order valence-electron chi connectivity index (χ2n) is 5.93. The zero-order chi connectivity index (χ0) is 21.0. The summed E-state index contributed by atoms with van der Waals surface area (Å²) >= 11 is 5.92. The van der Waals surface area contributed by atoms with Crippen LogP contribution in [0.15, 0.2) is 59.1 Å². The minimum Gasteiger partial charge on any atom is -0.406 e. The molecule has 1 amide bonds. The van der Waals surface area contributed by atoms with Gasteiger partial charge >= 0.3 is 6.36 Å². The van der Waals surface area contributed by atoms with Crippen molar-refractivity contribution in [2.75, 3.05) is 6.54 Å². The Labute approximate surface area is 167 Å². The normalized spacial score (nSPS) is 12.4. The van der Waals surface area contributed by atoms with Crippen molar-refractivity contribution in [2.45, 2.75) is 12.5 Å². The summed E-state index contributed by atoms with van der Waals surface area (Å²) in [4.78, 5) is 12.2. The third-order valence-electron chi connectivity index (χ3n) is 3.81. The van der Waals surface area contributed by atoms with Crippen molar-refractivity contribution in [3.63, 3.8) is 0 Å². The summed E-state index contributed by atoms with van der Waals surface area (Å²) in [7, 11) is 0. The maximum atomic E-state index is 12.2. The first-order chi connectivity index (χ1) is 13.7. The number of ether oxygens (including phenoxy) is 1. The summed E-state index contributed by atoms with van der Waals surface area (Å²) in [6.07, 6.45) is -5.94. The van der Waals surface area contributed by atoms with E-state index in [1.807, 2.05) is 0 Å². The maximum absolute atomic E-state index is 12.2. The van der Waals surface area contributed by atoms with Crippen molar-refractivity contribution in [2.24, 2.45) is 0 Å². The first kappa shape index (κ1) is 20.7. The highest BCUT2D eigenvalue weighted by Gasteiger charge is 2.31. The maximum Gasteiger partial charge on any atom is 0.573 e. The van der Waals surface area contributed by atoms with Gasteiger partial charge in [0.25, 0.3) is 5.91 Å². The molecule has 1 unspecified atom stereocenters. The molecule has 10 heteroatoms. The van der Waals surface area contributed by atoms with E-state index in [4.69, 9.17) is 16.1 Å². The van der Waals surface area contributed by atoms with Crippen molar-refractivity contribution >= 4 is 17.5 Å². The molecule has 152 valence electrons. The number of hydrogen-bond donors (Lipinski definition) is 2. The minimum atomic E-state index is -4.80. The summed E-state index contributed by atoms with van der Waals surface area (Å²) in [6, 6.07) is 12.9. The molecule has 3 rings (SSSR count). The molecule has 0 aliphatic rings. The summed E-state index contributed by atoms with van der Waals surface area (Å²) in [6.45, 7) is -0.183. The molecular weight excluding hydrogens is 413 g/mol. The topological polar surface area (TPSA) is 84.6 Å². The Balaban J connectivity index is 1.58. The Hall–Kier alpha value is -3.04. The Morgan fingerprint density at radius 3 is 2.59 bits per heavy atom. The number of halogens is 4. The number of amides is 1. The van der Waals surface area contributed by atoms with E-state index >= 15 is 0 Å². The van der Waals surface area contributed by atoms with Gasteiger partial charge in [0.1, 0.15) is 5.75 Å². The molecule has 1 heterocycles. The third kappa shape index (κ3) is 5.72. The number of aromatic nitrogens is 1. The van der Waals surface area contributed by atoms with Crippen molar-refractivity contribution in [3.05, 3.63) is 70.9 Å². The molecule has 0 saturated carbocycles. The number of hydrogen-bond acceptors (Lipinski definition) is 5. The van der Waals surface area contributed by atoms with E-state index in [-0.39, 0.29) is 12.2 Å². The van der Waals surface area contributed by atoms with Crippen LogP contribution >= 0.6 is 11.6 Å². The molecule has 0 fully saturated rings. The minimum absolute atomic E-state index is 0.00102. The number of carbonyl (C=O) groups is 1. The molecule has 29 heavy (non-hydrogen) atoms. The standard InChI is InChI=1S/C19H14ClF3N2O4/c20-13-3-1-2-12(8-13)17-9-15(25-29-17)18(27)24-10-16(26)11-4-6-14(7-5-11)28-19(21,22)23/h1-9,16,26H,10H2,(H,24,27). The lowest BCUT2D eigenvalue weighted by molar-refractivity contribution is -0.274. The Bertz CT molecular complexity index is 990. The van der Waals surface area contributed by atoms with Crippen LogP contribution in [-0.4, -0.2) is 29.1 Å². The molecule has 1 atom stereocenters. The van der Waals surface area contributed by atoms with Crippen LogP contribution in [0.3, 0.4) is 0 Å². The molecule has 0 saturated heterocycles. The molecule has 0 bridgehead atoms. The molecule has 1 aromatic heterocycles. The SMILES string of the molecule is O=C(NCC(O)c1ccc(OC(F)(F)F)cc1)c1cc(-c2cccc(Cl)c2)on1. The molecule has 0 aliphatic heterocycles. The Kier molecular flexibility index (Phi) is 6.09. The largest absolute Gasteiger partial charge is 0.573 e. The van der Waals surface area contributed by atoms with Gasteiger partial charge in [-0.1, -0.05) is 41.0 Å². The van der Waals surface area contributed by atoms with Gasteiger partial charge in [-0.25, -0.2) is 0 Å². The van der Waals surface area contributed by atoms with Crippen LogP contribution in [0, 0.1) is 0 Å². The van der Waals surface area contributed by atoms with E-state index in [1.54, 1.807) is 24.3 Å². The van der Waals surface area contributed by atoms with Crippen LogP contribution in [0.25, 0.3) is 11.3 Å². The first-order valence-electron chi connectivity index (χ1n) is 8.26. The molecule has 0 radical (unpaired) electrons. The monoisotopic (exact) mass is 426 g/mol. The van der Waals surface area contributed by atoms with Gasteiger partial charge in [0.2, 0.25) is 0 Å². The van der Waals surface area contributed by atoms with Crippen LogP contribution in [0.2, 0.25) is 5.02 Å². The second-order valence-corrected chi connectivity index (χ2v) is 6.37. The molecule has 3 aromatic rings. The van der Waals surface area contributed by atoms with Crippen LogP contribution < -0.4 is 10.1 Å². The highest BCUT2D eigenvalue weighted by Crippen LogP contribution is 2.25. The van der Waals surface area contributed by atoms with Crippen molar-refractivity contribution < 1.29 is 32.3 Å². The number of rotatable bonds is 6. The fourth-order valence-electron chi connectivity index (χ4n) is 2.45. The predicted molar refractivity (Wildman–Crippen MR) is 97.4 cm³/mol. The average Bonchev–Trinajstić information content (AvgIpc) is 3.15. The van der Waals surface area contributed by atoms with Gasteiger partial charge < -0.3 is 19.7 Å². The van der Waals surface area contributed by atoms with Crippen LogP contribution in [-0.2, 0) is 0 Å². The number of alkyl halides is 3. The number of nitrogens with one attached hydrogen (secondary N) is 1. The van der Waals surface area contributed by atoms with Gasteiger partial charge in [0.05, 0.1) is 6.10 Å². The molecular formula is C19H14ClF3N2O4. The van der Waals surface area contributed by atoms with Crippen LogP contribution in [0.1, 0.15) is 22.2 Å². The van der Waals surface area contributed by atoms with Crippen LogP contribution in [0.5, 0.6) is 5.75 Å². The van der Waals surface area contributed by atoms with Gasteiger partial charge in [-0.3, -0.25) is 4.79 Å². The molecule has 0 aliphatic carbocycles. The van der Waals surface area contributed by atoms with E-state index in [0.717, 1.165) is 12.1 Å². The summed E-state index contributed by atoms with van der Waals surface area (Å²) in [5.74, 6) is -0.648. The van der Waals surface area contributed by atoms with Gasteiger partial charge in [-0.2, -0.15) is 0 Å².